The van der Waals surface area contributed by atoms with Crippen molar-refractivity contribution in [2.24, 2.45) is 5.92 Å². The van der Waals surface area contributed by atoms with Crippen molar-refractivity contribution in [3.05, 3.63) is 11.3 Å². The number of allylic oxidation sites excluding steroid dienone is 1. The first-order valence-corrected chi connectivity index (χ1v) is 12.0. The molecule has 26 heavy (non-hydrogen) atoms. The Balaban J connectivity index is 2.01. The van der Waals surface area contributed by atoms with Gasteiger partial charge in [-0.3, -0.25) is 9.36 Å². The van der Waals surface area contributed by atoms with Gasteiger partial charge in [-0.1, -0.05) is 45.4 Å². The first kappa shape index (κ1) is 21.7. The highest BCUT2D eigenvalue weighted by molar-refractivity contribution is 7.56. The number of rotatable bonds is 13. The summed E-state index contributed by atoms with van der Waals surface area (Å²) in [4.78, 5) is 12.6. The minimum Gasteiger partial charge on any atom is -0.497 e. The van der Waals surface area contributed by atoms with Crippen LogP contribution < -0.4 is 0 Å². The van der Waals surface area contributed by atoms with Crippen LogP contribution in [0.25, 0.3) is 0 Å². The molecule has 6 heteroatoms. The highest BCUT2D eigenvalue weighted by Crippen LogP contribution is 2.61. The van der Waals surface area contributed by atoms with Crippen molar-refractivity contribution in [2.45, 2.75) is 84.2 Å². The van der Waals surface area contributed by atoms with E-state index in [4.69, 9.17) is 13.8 Å². The highest BCUT2D eigenvalue weighted by Gasteiger charge is 2.53. The summed E-state index contributed by atoms with van der Waals surface area (Å²) in [6.07, 6.45) is 9.85. The molecule has 0 N–H and O–H groups in total. The van der Waals surface area contributed by atoms with Gasteiger partial charge in [0, 0.05) is 18.8 Å². The standard InChI is InChI=1S/C20H35O5P/c1-4-7-8-9-10-11-12-13-18-19-16(15-23-18)14-17(21)20(19)26(22,24-5-2)25-6-3/h16,20H,4-15H2,1-3H3. The number of fused-ring (bicyclic) bond motifs is 1. The van der Waals surface area contributed by atoms with E-state index in [0.717, 1.165) is 24.2 Å². The third-order valence-electron chi connectivity index (χ3n) is 5.21. The first-order chi connectivity index (χ1) is 12.6. The first-order valence-electron chi connectivity index (χ1n) is 10.3. The van der Waals surface area contributed by atoms with E-state index in [2.05, 4.69) is 6.92 Å². The Morgan fingerprint density at radius 2 is 1.62 bits per heavy atom. The van der Waals surface area contributed by atoms with Gasteiger partial charge in [-0.2, -0.15) is 0 Å². The van der Waals surface area contributed by atoms with Gasteiger partial charge in [0.1, 0.15) is 5.66 Å². The minimum atomic E-state index is -3.48. The van der Waals surface area contributed by atoms with Gasteiger partial charge in [0.25, 0.3) is 0 Å². The predicted octanol–water partition coefficient (Wildman–Crippen LogP) is 5.64. The fourth-order valence-electron chi connectivity index (χ4n) is 4.03. The molecule has 5 nitrogen and oxygen atoms in total. The minimum absolute atomic E-state index is 0.0180. The monoisotopic (exact) mass is 386 g/mol. The fourth-order valence-corrected chi connectivity index (χ4v) is 6.27. The molecule has 0 aromatic heterocycles. The van der Waals surface area contributed by atoms with Gasteiger partial charge in [0.05, 0.1) is 25.6 Å². The predicted molar refractivity (Wildman–Crippen MR) is 103 cm³/mol. The molecule has 0 radical (unpaired) electrons. The molecule has 1 fully saturated rings. The molecule has 2 unspecified atom stereocenters. The van der Waals surface area contributed by atoms with Crippen molar-refractivity contribution in [2.75, 3.05) is 19.8 Å². The van der Waals surface area contributed by atoms with Gasteiger partial charge in [-0.05, 0) is 25.8 Å². The lowest BCUT2D eigenvalue weighted by molar-refractivity contribution is -0.117. The van der Waals surface area contributed by atoms with E-state index in [1.54, 1.807) is 13.8 Å². The summed E-state index contributed by atoms with van der Waals surface area (Å²) in [5.74, 6) is 0.913. The Morgan fingerprint density at radius 1 is 1.00 bits per heavy atom. The van der Waals surface area contributed by atoms with Crippen LogP contribution in [0.1, 0.15) is 78.6 Å². The zero-order chi connectivity index (χ0) is 19.0. The summed E-state index contributed by atoms with van der Waals surface area (Å²) in [7, 11) is -3.48. The van der Waals surface area contributed by atoms with Gasteiger partial charge in [0.15, 0.2) is 5.78 Å². The summed E-state index contributed by atoms with van der Waals surface area (Å²) >= 11 is 0. The molecular formula is C20H35O5P. The summed E-state index contributed by atoms with van der Waals surface area (Å²) in [6, 6.07) is 0. The third-order valence-corrected chi connectivity index (χ3v) is 7.64. The number of unbranched alkanes of at least 4 members (excludes halogenated alkanes) is 6. The van der Waals surface area contributed by atoms with Crippen molar-refractivity contribution in [1.82, 2.24) is 0 Å². The summed E-state index contributed by atoms with van der Waals surface area (Å²) in [5.41, 5.74) is 0.153. The Bertz CT molecular complexity index is 532. The molecule has 0 aromatic carbocycles. The van der Waals surface area contributed by atoms with Crippen LogP contribution in [0.2, 0.25) is 0 Å². The SMILES string of the molecule is CCCCCCCCCC1=C2C(CO1)CC(=O)C2P(=O)(OCC)OCC. The van der Waals surface area contributed by atoms with Crippen LogP contribution in [-0.4, -0.2) is 31.3 Å². The van der Waals surface area contributed by atoms with E-state index in [9.17, 15) is 9.36 Å². The molecule has 0 bridgehead atoms. The number of hydrogen-bond acceptors (Lipinski definition) is 5. The molecule has 0 aromatic rings. The maximum absolute atomic E-state index is 13.2. The van der Waals surface area contributed by atoms with Gasteiger partial charge in [-0.25, -0.2) is 0 Å². The van der Waals surface area contributed by atoms with Crippen molar-refractivity contribution >= 4 is 13.4 Å². The molecule has 2 rings (SSSR count). The number of ether oxygens (including phenoxy) is 1. The topological polar surface area (TPSA) is 61.8 Å². The third kappa shape index (κ3) is 5.21. The molecule has 2 aliphatic rings. The maximum atomic E-state index is 13.2. The van der Waals surface area contributed by atoms with Crippen LogP contribution in [-0.2, 0) is 23.1 Å². The summed E-state index contributed by atoms with van der Waals surface area (Å²) in [6.45, 7) is 6.86. The maximum Gasteiger partial charge on any atom is 0.345 e. The van der Waals surface area contributed by atoms with E-state index in [1.165, 1.54) is 38.5 Å². The Labute approximate surface area is 158 Å². The molecule has 0 saturated heterocycles. The van der Waals surface area contributed by atoms with Crippen LogP contribution in [0.15, 0.2) is 11.3 Å². The number of carbonyl (C=O) groups is 1. The van der Waals surface area contributed by atoms with Crippen LogP contribution in [0.4, 0.5) is 0 Å². The van der Waals surface area contributed by atoms with Crippen LogP contribution in [0.3, 0.4) is 0 Å². The number of ketones is 1. The van der Waals surface area contributed by atoms with Gasteiger partial charge < -0.3 is 13.8 Å². The number of Topliss-reactive ketones (excluding diaryl/α,β-unsaturated/α-hetero) is 1. The quantitative estimate of drug-likeness (QED) is 0.303. The molecule has 0 spiro atoms. The average molecular weight is 386 g/mol. The van der Waals surface area contributed by atoms with E-state index in [1.807, 2.05) is 0 Å². The second-order valence-electron chi connectivity index (χ2n) is 7.21. The van der Waals surface area contributed by atoms with Crippen molar-refractivity contribution in [3.63, 3.8) is 0 Å². The van der Waals surface area contributed by atoms with Crippen LogP contribution >= 0.6 is 7.60 Å². The smallest absolute Gasteiger partial charge is 0.345 e. The Hall–Kier alpha value is -0.640. The largest absolute Gasteiger partial charge is 0.497 e. The van der Waals surface area contributed by atoms with E-state index >= 15 is 0 Å². The molecule has 150 valence electrons. The lowest BCUT2D eigenvalue weighted by Gasteiger charge is -2.23. The average Bonchev–Trinajstić information content (AvgIpc) is 3.12. The molecule has 1 aliphatic heterocycles. The molecular weight excluding hydrogens is 351 g/mol. The fraction of sp³-hybridized carbons (Fsp3) is 0.850. The van der Waals surface area contributed by atoms with Crippen molar-refractivity contribution in [1.29, 1.82) is 0 Å². The second kappa shape index (κ2) is 10.6. The highest BCUT2D eigenvalue weighted by atomic mass is 31.2. The zero-order valence-corrected chi connectivity index (χ0v) is 17.5. The van der Waals surface area contributed by atoms with Gasteiger partial charge in [-0.15, -0.1) is 0 Å². The zero-order valence-electron chi connectivity index (χ0n) is 16.6. The molecule has 0 amide bonds. The summed E-state index contributed by atoms with van der Waals surface area (Å²) in [5, 5.41) is 0. The Kier molecular flexibility index (Phi) is 8.86. The number of hydrogen-bond donors (Lipinski definition) is 0. The van der Waals surface area contributed by atoms with Crippen LogP contribution in [0.5, 0.6) is 0 Å². The van der Waals surface area contributed by atoms with E-state index in [0.29, 0.717) is 13.0 Å². The molecule has 2 atom stereocenters. The van der Waals surface area contributed by atoms with Crippen LogP contribution in [0, 0.1) is 5.92 Å². The lowest BCUT2D eigenvalue weighted by Crippen LogP contribution is -2.20. The van der Waals surface area contributed by atoms with E-state index in [-0.39, 0.29) is 24.9 Å². The normalized spacial score (nSPS) is 22.8. The van der Waals surface area contributed by atoms with Crippen molar-refractivity contribution < 1.29 is 23.1 Å². The lowest BCUT2D eigenvalue weighted by atomic mass is 10.0. The number of carbonyl (C=O) groups excluding carboxylic acids is 1. The molecule has 1 aliphatic carbocycles. The summed E-state index contributed by atoms with van der Waals surface area (Å²) < 4.78 is 30.1. The van der Waals surface area contributed by atoms with Crippen molar-refractivity contribution in [3.8, 4) is 0 Å². The molecule has 1 saturated carbocycles. The molecule has 1 heterocycles. The van der Waals surface area contributed by atoms with Gasteiger partial charge >= 0.3 is 7.60 Å². The van der Waals surface area contributed by atoms with E-state index < -0.39 is 13.3 Å². The second-order valence-corrected chi connectivity index (χ2v) is 9.32. The Morgan fingerprint density at radius 3 is 2.23 bits per heavy atom. The van der Waals surface area contributed by atoms with Gasteiger partial charge in [0.2, 0.25) is 0 Å².